The molecule has 11 heteroatoms. The van der Waals surface area contributed by atoms with Crippen LogP contribution in [-0.4, -0.2) is 32.2 Å². The van der Waals surface area contributed by atoms with Gasteiger partial charge in [-0.2, -0.15) is 0 Å². The predicted molar refractivity (Wildman–Crippen MR) is 169 cm³/mol. The SMILES string of the molecule is CCCCCCC(C)(C)c1cc(OP(=O)(OCC)OCC)c(C2CC(=O)[C@@H]3C[C@H]2C3(C)C)c(OP(=O)(OCC)OCC)c1. The van der Waals surface area contributed by atoms with Gasteiger partial charge in [-0.3, -0.25) is 22.9 Å². The maximum Gasteiger partial charge on any atom is 0.530 e. The summed E-state index contributed by atoms with van der Waals surface area (Å²) in [7, 11) is -8.09. The number of carbonyl (C=O) groups is 1. The van der Waals surface area contributed by atoms with Crippen molar-refractivity contribution in [3.8, 4) is 11.5 Å². The van der Waals surface area contributed by atoms with Crippen molar-refractivity contribution in [3.63, 3.8) is 0 Å². The third-order valence-corrected chi connectivity index (χ3v) is 12.3. The first-order valence-corrected chi connectivity index (χ1v) is 19.0. The van der Waals surface area contributed by atoms with E-state index < -0.39 is 15.6 Å². The number of unbranched alkanes of at least 4 members (excludes halogenated alkanes) is 3. The molecule has 43 heavy (non-hydrogen) atoms. The number of phosphoric ester groups is 2. The number of rotatable bonds is 19. The second-order valence-electron chi connectivity index (χ2n) is 12.8. The van der Waals surface area contributed by atoms with Gasteiger partial charge in [-0.15, -0.1) is 0 Å². The van der Waals surface area contributed by atoms with Crippen molar-refractivity contribution in [2.24, 2.45) is 17.3 Å². The predicted octanol–water partition coefficient (Wildman–Crippen LogP) is 9.77. The van der Waals surface area contributed by atoms with Crippen molar-refractivity contribution in [1.82, 2.24) is 0 Å². The Labute approximate surface area is 259 Å². The Morgan fingerprint density at radius 1 is 0.814 bits per heavy atom. The number of phosphoric acid groups is 2. The molecule has 0 N–H and O–H groups in total. The molecule has 0 amide bonds. The summed E-state index contributed by atoms with van der Waals surface area (Å²) in [5.74, 6) is 0.471. The molecular weight excluding hydrogens is 590 g/mol. The summed E-state index contributed by atoms with van der Waals surface area (Å²) < 4.78 is 62.3. The van der Waals surface area contributed by atoms with Crippen molar-refractivity contribution in [1.29, 1.82) is 0 Å². The molecule has 0 spiro atoms. The summed E-state index contributed by atoms with van der Waals surface area (Å²) in [4.78, 5) is 13.3. The minimum atomic E-state index is -4.04. The van der Waals surface area contributed by atoms with Crippen LogP contribution in [0, 0.1) is 17.3 Å². The van der Waals surface area contributed by atoms with Crippen LogP contribution in [0.5, 0.6) is 11.5 Å². The van der Waals surface area contributed by atoms with E-state index in [4.69, 9.17) is 27.1 Å². The number of hydrogen-bond acceptors (Lipinski definition) is 9. The van der Waals surface area contributed by atoms with Crippen LogP contribution >= 0.6 is 15.6 Å². The van der Waals surface area contributed by atoms with Gasteiger partial charge >= 0.3 is 15.6 Å². The van der Waals surface area contributed by atoms with E-state index in [1.54, 1.807) is 27.7 Å². The highest BCUT2D eigenvalue weighted by molar-refractivity contribution is 7.49. The van der Waals surface area contributed by atoms with E-state index in [1.165, 1.54) is 0 Å². The maximum absolute atomic E-state index is 13.8. The molecule has 1 aromatic rings. The highest BCUT2D eigenvalue weighted by atomic mass is 31.2. The van der Waals surface area contributed by atoms with Gasteiger partial charge in [0, 0.05) is 23.8 Å². The van der Waals surface area contributed by atoms with Gasteiger partial charge in [0.25, 0.3) is 0 Å². The Bertz CT molecular complexity index is 1120. The molecule has 3 fully saturated rings. The van der Waals surface area contributed by atoms with E-state index in [2.05, 4.69) is 34.6 Å². The summed E-state index contributed by atoms with van der Waals surface area (Å²) in [6, 6.07) is 3.75. The van der Waals surface area contributed by atoms with Crippen LogP contribution in [0.4, 0.5) is 0 Å². The summed E-state index contributed by atoms with van der Waals surface area (Å²) in [5.41, 5.74) is 0.798. The first kappa shape index (κ1) is 36.3. The molecule has 3 atom stereocenters. The summed E-state index contributed by atoms with van der Waals surface area (Å²) in [5, 5.41) is 0. The van der Waals surface area contributed by atoms with Gasteiger partial charge in [0.2, 0.25) is 0 Å². The fourth-order valence-electron chi connectivity index (χ4n) is 6.69. The second-order valence-corrected chi connectivity index (χ2v) is 16.0. The van der Waals surface area contributed by atoms with Crippen LogP contribution in [0.1, 0.15) is 124 Å². The molecule has 3 aliphatic rings. The van der Waals surface area contributed by atoms with Crippen molar-refractivity contribution in [3.05, 3.63) is 23.3 Å². The molecule has 0 aliphatic heterocycles. The highest BCUT2D eigenvalue weighted by Crippen LogP contribution is 2.66. The van der Waals surface area contributed by atoms with E-state index in [1.807, 2.05) is 12.1 Å². The Hall–Kier alpha value is -1.21. The Morgan fingerprint density at radius 2 is 1.30 bits per heavy atom. The normalized spacial score (nSPS) is 21.9. The van der Waals surface area contributed by atoms with Crippen LogP contribution in [-0.2, 0) is 37.4 Å². The number of fused-ring (bicyclic) bond motifs is 2. The van der Waals surface area contributed by atoms with Gasteiger partial charge in [0.1, 0.15) is 17.3 Å². The van der Waals surface area contributed by atoms with Gasteiger partial charge in [-0.1, -0.05) is 60.3 Å². The van der Waals surface area contributed by atoms with Crippen molar-refractivity contribution >= 4 is 21.4 Å². The number of carbonyl (C=O) groups excluding carboxylic acids is 1. The van der Waals surface area contributed by atoms with Crippen LogP contribution in [0.2, 0.25) is 0 Å². The molecular formula is C32H54O9P2. The van der Waals surface area contributed by atoms with Crippen LogP contribution in [0.25, 0.3) is 0 Å². The summed E-state index contributed by atoms with van der Waals surface area (Å²) in [6.45, 7) is 18.0. The molecule has 4 rings (SSSR count). The molecule has 0 saturated heterocycles. The van der Waals surface area contributed by atoms with Gasteiger partial charge < -0.3 is 9.05 Å². The first-order valence-electron chi connectivity index (χ1n) is 16.1. The Balaban J connectivity index is 2.28. The molecule has 0 heterocycles. The zero-order valence-corrected chi connectivity index (χ0v) is 29.5. The van der Waals surface area contributed by atoms with E-state index in [-0.39, 0.29) is 78.7 Å². The zero-order valence-electron chi connectivity index (χ0n) is 27.7. The molecule has 9 nitrogen and oxygen atoms in total. The average molecular weight is 645 g/mol. The molecule has 0 aromatic heterocycles. The first-order chi connectivity index (χ1) is 20.2. The van der Waals surface area contributed by atoms with Gasteiger partial charge in [-0.05, 0) is 75.0 Å². The monoisotopic (exact) mass is 644 g/mol. The quantitative estimate of drug-likeness (QED) is 0.107. The van der Waals surface area contributed by atoms with E-state index in [9.17, 15) is 13.9 Å². The standard InChI is InChI=1S/C32H54O9P2/c1-10-15-16-17-18-31(6,7)23-19-28(40-42(34,36-11-2)37-12-3)30(24-21-27(33)26-22-25(24)32(26,8)9)29(20-23)41-43(35,38-13-4)39-14-5/h19-20,24-26H,10-18,21-22H2,1-9H3/t24?,25-,26+/m1/s1. The number of hydrogen-bond donors (Lipinski definition) is 0. The van der Waals surface area contributed by atoms with Gasteiger partial charge in [0.05, 0.1) is 26.4 Å². The molecule has 1 aromatic carbocycles. The van der Waals surface area contributed by atoms with E-state index in [0.717, 1.165) is 44.1 Å². The third kappa shape index (κ3) is 8.34. The zero-order chi connectivity index (χ0) is 32.1. The van der Waals surface area contributed by atoms with Crippen LogP contribution < -0.4 is 9.05 Å². The fourth-order valence-corrected chi connectivity index (χ4v) is 9.10. The lowest BCUT2D eigenvalue weighted by Gasteiger charge is -2.59. The maximum atomic E-state index is 13.8. The minimum Gasteiger partial charge on any atom is -0.404 e. The number of ketones is 1. The smallest absolute Gasteiger partial charge is 0.404 e. The van der Waals surface area contributed by atoms with Crippen molar-refractivity contribution in [2.75, 3.05) is 26.4 Å². The largest absolute Gasteiger partial charge is 0.530 e. The Kier molecular flexibility index (Phi) is 12.6. The third-order valence-electron chi connectivity index (χ3n) is 9.12. The van der Waals surface area contributed by atoms with E-state index >= 15 is 0 Å². The van der Waals surface area contributed by atoms with Crippen LogP contribution in [0.3, 0.4) is 0 Å². The number of Topliss-reactive ketones (excluding diaryl/α,β-unsaturated/α-hetero) is 1. The van der Waals surface area contributed by atoms with Crippen molar-refractivity contribution in [2.45, 2.75) is 119 Å². The molecule has 246 valence electrons. The summed E-state index contributed by atoms with van der Waals surface area (Å²) in [6.07, 6.45) is 6.32. The molecule has 1 unspecified atom stereocenters. The summed E-state index contributed by atoms with van der Waals surface area (Å²) >= 11 is 0. The fraction of sp³-hybridized carbons (Fsp3) is 0.781. The lowest BCUT2D eigenvalue weighted by atomic mass is 9.44. The number of benzene rings is 1. The van der Waals surface area contributed by atoms with Gasteiger partial charge in [-0.25, -0.2) is 9.13 Å². The van der Waals surface area contributed by atoms with Gasteiger partial charge in [0.15, 0.2) is 0 Å². The lowest BCUT2D eigenvalue weighted by molar-refractivity contribution is -0.151. The van der Waals surface area contributed by atoms with Crippen LogP contribution in [0.15, 0.2) is 12.1 Å². The molecule has 2 bridgehead atoms. The lowest BCUT2D eigenvalue weighted by Crippen LogP contribution is -2.56. The molecule has 3 saturated carbocycles. The highest BCUT2D eigenvalue weighted by Gasteiger charge is 2.60. The average Bonchev–Trinajstić information content (AvgIpc) is 2.90. The molecule has 0 radical (unpaired) electrons. The second kappa shape index (κ2) is 14.9. The topological polar surface area (TPSA) is 107 Å². The minimum absolute atomic E-state index is 0.000267. The Morgan fingerprint density at radius 3 is 1.70 bits per heavy atom. The van der Waals surface area contributed by atoms with E-state index in [0.29, 0.717) is 5.56 Å². The van der Waals surface area contributed by atoms with Crippen molar-refractivity contribution < 1.29 is 41.1 Å². The molecule has 3 aliphatic carbocycles.